The Hall–Kier alpha value is -4.78. The summed E-state index contributed by atoms with van der Waals surface area (Å²) in [6.45, 7) is 5.62. The number of para-hydroxylation sites is 2. The molecule has 0 spiro atoms. The van der Waals surface area contributed by atoms with Crippen molar-refractivity contribution in [2.75, 3.05) is 82.6 Å². The van der Waals surface area contributed by atoms with Crippen LogP contribution in [0.5, 0.6) is 11.5 Å². The highest BCUT2D eigenvalue weighted by Gasteiger charge is 2.26. The standard InChI is InChI=1S/C21H23ClN4O4S.C20H20ClIN4O2/c1-30-19-13-15(7-8-17(19)22)24-9-11-25(12-10-24)20(27)14-26-18-6-4-3-5-16(18)21(23-26)31(2,28)29;1-28-18-12-14(6-7-16(18)21)24-8-10-25(11-9-24)19(27)13-26-17-5-3-2-4-15(17)20(22)23-26/h3-8,13H,9-12,14H2,1-2H3;2-7,12H,8-11,13H2,1H3. The van der Waals surface area contributed by atoms with Crippen molar-refractivity contribution in [2.45, 2.75) is 18.1 Å². The average Bonchev–Trinajstić information content (AvgIpc) is 3.78. The van der Waals surface area contributed by atoms with Crippen LogP contribution in [0, 0.1) is 3.70 Å². The third-order valence-electron chi connectivity index (χ3n) is 10.4. The molecule has 0 unspecified atom stereocenters. The molecule has 2 aliphatic heterocycles. The number of piperazine rings is 2. The van der Waals surface area contributed by atoms with Gasteiger partial charge in [0, 0.05) is 92.9 Å². The first-order valence-electron chi connectivity index (χ1n) is 18.8. The predicted molar refractivity (Wildman–Crippen MR) is 239 cm³/mol. The number of halogens is 3. The Bertz CT molecular complexity index is 2610. The van der Waals surface area contributed by atoms with E-state index in [0.29, 0.717) is 71.7 Å². The third kappa shape index (κ3) is 9.50. The summed E-state index contributed by atoms with van der Waals surface area (Å²) in [7, 11) is -0.307. The van der Waals surface area contributed by atoms with Crippen LogP contribution in [0.1, 0.15) is 0 Å². The Morgan fingerprint density at radius 1 is 0.644 bits per heavy atom. The Balaban J connectivity index is 0.000000180. The van der Waals surface area contributed by atoms with E-state index in [1.807, 2.05) is 59.5 Å². The maximum atomic E-state index is 12.9. The molecule has 2 amide bonds. The SMILES string of the molecule is COc1cc(N2CCN(C(=O)Cn3nc(I)c4ccccc43)CC2)ccc1Cl.COc1cc(N2CCN(C(=O)Cn3nc(S(C)(=O)=O)c4ccccc43)CC2)ccc1Cl. The molecule has 8 rings (SSSR count). The van der Waals surface area contributed by atoms with Gasteiger partial charge in [0.25, 0.3) is 0 Å². The highest BCUT2D eigenvalue weighted by molar-refractivity contribution is 14.1. The summed E-state index contributed by atoms with van der Waals surface area (Å²) >= 11 is 14.4. The summed E-state index contributed by atoms with van der Waals surface area (Å²) in [6, 6.07) is 26.4. The molecule has 0 atom stereocenters. The van der Waals surface area contributed by atoms with E-state index in [0.717, 1.165) is 45.3 Å². The van der Waals surface area contributed by atoms with Gasteiger partial charge < -0.3 is 29.1 Å². The van der Waals surface area contributed by atoms with Crippen molar-refractivity contribution in [3.05, 3.63) is 98.7 Å². The molecule has 6 aromatic rings. The number of methoxy groups -OCH3 is 2. The van der Waals surface area contributed by atoms with Crippen molar-refractivity contribution in [3.8, 4) is 11.5 Å². The second kappa shape index (κ2) is 18.2. The first-order valence-corrected chi connectivity index (χ1v) is 22.6. The van der Waals surface area contributed by atoms with Gasteiger partial charge in [-0.2, -0.15) is 10.2 Å². The first kappa shape index (κ1) is 42.3. The van der Waals surface area contributed by atoms with Crippen molar-refractivity contribution in [1.29, 1.82) is 0 Å². The molecule has 2 aromatic heterocycles. The minimum atomic E-state index is -3.50. The molecule has 0 radical (unpaired) electrons. The number of anilines is 2. The van der Waals surface area contributed by atoms with Crippen molar-refractivity contribution in [3.63, 3.8) is 0 Å². The van der Waals surface area contributed by atoms with E-state index in [-0.39, 0.29) is 29.9 Å². The van der Waals surface area contributed by atoms with E-state index < -0.39 is 9.84 Å². The van der Waals surface area contributed by atoms with Gasteiger partial charge in [0.05, 0.1) is 35.3 Å². The summed E-state index contributed by atoms with van der Waals surface area (Å²) < 4.78 is 39.0. The molecule has 59 heavy (non-hydrogen) atoms. The van der Waals surface area contributed by atoms with Gasteiger partial charge in [0.15, 0.2) is 14.9 Å². The number of sulfone groups is 1. The summed E-state index contributed by atoms with van der Waals surface area (Å²) in [4.78, 5) is 33.8. The molecule has 2 fully saturated rings. The molecule has 4 aromatic carbocycles. The number of hydrogen-bond donors (Lipinski definition) is 0. The summed E-state index contributed by atoms with van der Waals surface area (Å²) in [5, 5.41) is 11.5. The fourth-order valence-electron chi connectivity index (χ4n) is 7.27. The molecule has 0 N–H and O–H groups in total. The van der Waals surface area contributed by atoms with Gasteiger partial charge in [-0.3, -0.25) is 19.0 Å². The number of rotatable bonds is 9. The van der Waals surface area contributed by atoms with Crippen LogP contribution in [0.4, 0.5) is 11.4 Å². The minimum absolute atomic E-state index is 0.00240. The number of carbonyl (C=O) groups is 2. The Morgan fingerprint density at radius 2 is 1.07 bits per heavy atom. The number of carbonyl (C=O) groups excluding carboxylic acids is 2. The largest absolute Gasteiger partial charge is 0.495 e. The second-order valence-electron chi connectivity index (χ2n) is 14.1. The molecule has 0 aliphatic carbocycles. The van der Waals surface area contributed by atoms with Crippen LogP contribution in [0.3, 0.4) is 0 Å². The lowest BCUT2D eigenvalue weighted by Gasteiger charge is -2.36. The van der Waals surface area contributed by atoms with E-state index in [4.69, 9.17) is 32.7 Å². The number of benzene rings is 4. The topological polar surface area (TPSA) is 135 Å². The zero-order valence-corrected chi connectivity index (χ0v) is 37.2. The number of amides is 2. The van der Waals surface area contributed by atoms with E-state index >= 15 is 0 Å². The van der Waals surface area contributed by atoms with Gasteiger partial charge in [-0.25, -0.2) is 8.42 Å². The molecule has 0 saturated carbocycles. The molecule has 14 nitrogen and oxygen atoms in total. The smallest absolute Gasteiger partial charge is 0.244 e. The Kier molecular flexibility index (Phi) is 13.1. The van der Waals surface area contributed by atoms with Gasteiger partial charge in [0.1, 0.15) is 28.3 Å². The van der Waals surface area contributed by atoms with Crippen LogP contribution in [-0.2, 0) is 32.5 Å². The fourth-order valence-corrected chi connectivity index (χ4v) is 9.20. The lowest BCUT2D eigenvalue weighted by Crippen LogP contribution is -2.49. The van der Waals surface area contributed by atoms with Crippen LogP contribution < -0.4 is 19.3 Å². The Labute approximate surface area is 366 Å². The quantitative estimate of drug-likeness (QED) is 0.157. The van der Waals surface area contributed by atoms with Gasteiger partial charge in [0.2, 0.25) is 11.8 Å². The van der Waals surface area contributed by atoms with Crippen molar-refractivity contribution in [2.24, 2.45) is 0 Å². The fraction of sp³-hybridized carbons (Fsp3) is 0.317. The third-order valence-corrected chi connectivity index (χ3v) is 12.8. The zero-order chi connectivity index (χ0) is 41.8. The predicted octanol–water partition coefficient (Wildman–Crippen LogP) is 6.10. The maximum Gasteiger partial charge on any atom is 0.244 e. The molecule has 2 aliphatic rings. The number of nitrogens with zero attached hydrogens (tertiary/aromatic N) is 8. The van der Waals surface area contributed by atoms with E-state index in [2.05, 4.69) is 42.6 Å². The normalized spacial score (nSPS) is 14.7. The monoisotopic (exact) mass is 972 g/mol. The van der Waals surface area contributed by atoms with Crippen molar-refractivity contribution >= 4 is 101 Å². The van der Waals surface area contributed by atoms with Gasteiger partial charge in [-0.15, -0.1) is 0 Å². The highest BCUT2D eigenvalue weighted by Crippen LogP contribution is 2.31. The molecule has 0 bridgehead atoms. The summed E-state index contributed by atoms with van der Waals surface area (Å²) in [5.41, 5.74) is 3.67. The van der Waals surface area contributed by atoms with Crippen molar-refractivity contribution < 1.29 is 27.5 Å². The molecular weight excluding hydrogens is 930 g/mol. The highest BCUT2D eigenvalue weighted by atomic mass is 127. The van der Waals surface area contributed by atoms with Crippen LogP contribution in [0.25, 0.3) is 21.8 Å². The lowest BCUT2D eigenvalue weighted by molar-refractivity contribution is -0.133. The zero-order valence-electron chi connectivity index (χ0n) is 32.7. The summed E-state index contributed by atoms with van der Waals surface area (Å²) in [6.07, 6.45) is 1.12. The molecule has 18 heteroatoms. The van der Waals surface area contributed by atoms with E-state index in [1.165, 1.54) is 4.68 Å². The first-order chi connectivity index (χ1) is 28.3. The van der Waals surface area contributed by atoms with Gasteiger partial charge >= 0.3 is 0 Å². The minimum Gasteiger partial charge on any atom is -0.495 e. The van der Waals surface area contributed by atoms with Gasteiger partial charge in [-0.05, 0) is 65.1 Å². The summed E-state index contributed by atoms with van der Waals surface area (Å²) in [5.74, 6) is 1.28. The van der Waals surface area contributed by atoms with E-state index in [1.54, 1.807) is 54.1 Å². The molecular formula is C41H43Cl2IN8O6S. The van der Waals surface area contributed by atoms with Crippen LogP contribution in [0.2, 0.25) is 10.0 Å². The number of hydrogen-bond acceptors (Lipinski definition) is 10. The second-order valence-corrected chi connectivity index (χ2v) is 17.9. The number of aromatic nitrogens is 4. The average molecular weight is 974 g/mol. The lowest BCUT2D eigenvalue weighted by atomic mass is 10.2. The van der Waals surface area contributed by atoms with Crippen molar-refractivity contribution in [1.82, 2.24) is 29.4 Å². The van der Waals surface area contributed by atoms with Crippen LogP contribution in [-0.4, -0.2) is 122 Å². The molecule has 4 heterocycles. The van der Waals surface area contributed by atoms with Gasteiger partial charge in [-0.1, -0.05) is 53.5 Å². The maximum absolute atomic E-state index is 12.9. The number of ether oxygens (including phenoxy) is 2. The van der Waals surface area contributed by atoms with Crippen LogP contribution in [0.15, 0.2) is 90.0 Å². The molecule has 310 valence electrons. The Morgan fingerprint density at radius 3 is 1.53 bits per heavy atom. The van der Waals surface area contributed by atoms with Crippen LogP contribution >= 0.6 is 45.8 Å². The number of fused-ring (bicyclic) bond motifs is 2. The van der Waals surface area contributed by atoms with E-state index in [9.17, 15) is 18.0 Å². The molecule has 2 saturated heterocycles.